The van der Waals surface area contributed by atoms with Crippen LogP contribution in [0.2, 0.25) is 0 Å². The minimum absolute atomic E-state index is 0.629. The van der Waals surface area contributed by atoms with E-state index in [0.29, 0.717) is 5.56 Å². The van der Waals surface area contributed by atoms with Gasteiger partial charge in [0, 0.05) is 37.8 Å². The third kappa shape index (κ3) is 2.61. The van der Waals surface area contributed by atoms with Crippen molar-refractivity contribution < 1.29 is 0 Å². The zero-order chi connectivity index (χ0) is 16.4. The molecule has 24 heavy (non-hydrogen) atoms. The molecule has 1 fully saturated rings. The van der Waals surface area contributed by atoms with E-state index in [-0.39, 0.29) is 0 Å². The molecule has 0 bridgehead atoms. The van der Waals surface area contributed by atoms with Crippen LogP contribution in [0.1, 0.15) is 5.56 Å². The Balaban J connectivity index is 1.59. The van der Waals surface area contributed by atoms with Crippen LogP contribution in [0.5, 0.6) is 0 Å². The summed E-state index contributed by atoms with van der Waals surface area (Å²) < 4.78 is 0. The average Bonchev–Trinajstić information content (AvgIpc) is 2.68. The smallest absolute Gasteiger partial charge is 0.147 e. The van der Waals surface area contributed by atoms with Crippen LogP contribution in [0.4, 0.5) is 11.6 Å². The van der Waals surface area contributed by atoms with Gasteiger partial charge in [0.2, 0.25) is 0 Å². The largest absolute Gasteiger partial charge is 0.353 e. The van der Waals surface area contributed by atoms with E-state index in [9.17, 15) is 5.26 Å². The summed E-state index contributed by atoms with van der Waals surface area (Å²) in [4.78, 5) is 17.4. The van der Waals surface area contributed by atoms with Crippen LogP contribution in [-0.4, -0.2) is 41.1 Å². The first-order valence-electron chi connectivity index (χ1n) is 7.91. The number of nitrogens with zero attached hydrogens (tertiary/aromatic N) is 6. The fraction of sp³-hybridized carbons (Fsp3) is 0.222. The molecule has 4 rings (SSSR count). The van der Waals surface area contributed by atoms with Crippen molar-refractivity contribution >= 4 is 22.5 Å². The number of para-hydroxylation sites is 1. The van der Waals surface area contributed by atoms with Gasteiger partial charge in [0.25, 0.3) is 0 Å². The Kier molecular flexibility index (Phi) is 3.67. The number of piperazine rings is 1. The predicted octanol–water partition coefficient (Wildman–Crippen LogP) is 2.22. The summed E-state index contributed by atoms with van der Waals surface area (Å²) in [5.41, 5.74) is 1.55. The first-order valence-corrected chi connectivity index (χ1v) is 7.91. The maximum atomic E-state index is 9.49. The first kappa shape index (κ1) is 14.4. The molecule has 2 aromatic heterocycles. The van der Waals surface area contributed by atoms with Crippen molar-refractivity contribution in [3.8, 4) is 6.07 Å². The van der Waals surface area contributed by atoms with Crippen molar-refractivity contribution in [3.63, 3.8) is 0 Å². The summed E-state index contributed by atoms with van der Waals surface area (Å²) in [6, 6.07) is 14.0. The Bertz CT molecular complexity index is 894. The Morgan fingerprint density at radius 2 is 1.79 bits per heavy atom. The molecule has 6 heteroatoms. The second kappa shape index (κ2) is 6.13. The molecule has 3 aromatic rings. The quantitative estimate of drug-likeness (QED) is 0.722. The van der Waals surface area contributed by atoms with E-state index in [4.69, 9.17) is 4.98 Å². The number of aromatic nitrogens is 3. The second-order valence-corrected chi connectivity index (χ2v) is 5.71. The lowest BCUT2D eigenvalue weighted by Gasteiger charge is -2.36. The van der Waals surface area contributed by atoms with Crippen LogP contribution in [-0.2, 0) is 0 Å². The SMILES string of the molecule is N#Cc1cc2ccccc2nc1N1CCN(c2ccncn2)CC1. The molecule has 0 saturated carbocycles. The molecular weight excluding hydrogens is 300 g/mol. The zero-order valence-corrected chi connectivity index (χ0v) is 13.1. The summed E-state index contributed by atoms with van der Waals surface area (Å²) in [6.07, 6.45) is 3.33. The number of hydrogen-bond acceptors (Lipinski definition) is 6. The summed E-state index contributed by atoms with van der Waals surface area (Å²) in [6.45, 7) is 3.31. The van der Waals surface area contributed by atoms with Crippen molar-refractivity contribution in [2.75, 3.05) is 36.0 Å². The zero-order valence-electron chi connectivity index (χ0n) is 13.1. The summed E-state index contributed by atoms with van der Waals surface area (Å²) in [5, 5.41) is 10.5. The number of anilines is 2. The summed E-state index contributed by atoms with van der Waals surface area (Å²) in [5.74, 6) is 1.72. The molecule has 0 N–H and O–H groups in total. The van der Waals surface area contributed by atoms with Gasteiger partial charge in [-0.2, -0.15) is 5.26 Å². The van der Waals surface area contributed by atoms with Crippen molar-refractivity contribution in [2.45, 2.75) is 0 Å². The van der Waals surface area contributed by atoms with Gasteiger partial charge in [0.15, 0.2) is 0 Å². The van der Waals surface area contributed by atoms with Crippen molar-refractivity contribution in [3.05, 3.63) is 54.5 Å². The molecule has 0 unspecified atom stereocenters. The Hall–Kier alpha value is -3.20. The summed E-state index contributed by atoms with van der Waals surface area (Å²) in [7, 11) is 0. The minimum atomic E-state index is 0.629. The molecule has 1 aromatic carbocycles. The lowest BCUT2D eigenvalue weighted by Crippen LogP contribution is -2.47. The van der Waals surface area contributed by atoms with Gasteiger partial charge < -0.3 is 9.80 Å². The Morgan fingerprint density at radius 1 is 1.00 bits per heavy atom. The lowest BCUT2D eigenvalue weighted by molar-refractivity contribution is 0.641. The van der Waals surface area contributed by atoms with E-state index in [1.165, 1.54) is 0 Å². The van der Waals surface area contributed by atoms with Crippen LogP contribution < -0.4 is 9.80 Å². The average molecular weight is 316 g/mol. The first-order chi connectivity index (χ1) is 11.8. The maximum Gasteiger partial charge on any atom is 0.147 e. The molecule has 1 aliphatic heterocycles. The number of hydrogen-bond donors (Lipinski definition) is 0. The number of nitriles is 1. The van der Waals surface area contributed by atoms with Gasteiger partial charge in [-0.3, -0.25) is 0 Å². The van der Waals surface area contributed by atoms with E-state index >= 15 is 0 Å². The molecule has 6 nitrogen and oxygen atoms in total. The Morgan fingerprint density at radius 3 is 2.54 bits per heavy atom. The van der Waals surface area contributed by atoms with E-state index in [0.717, 1.165) is 48.7 Å². The minimum Gasteiger partial charge on any atom is -0.353 e. The third-order valence-electron chi connectivity index (χ3n) is 4.29. The number of fused-ring (bicyclic) bond motifs is 1. The standard InChI is InChI=1S/C18H16N6/c19-12-15-11-14-3-1-2-4-16(14)22-18(15)24-9-7-23(8-10-24)17-5-6-20-13-21-17/h1-6,11,13H,7-10H2. The van der Waals surface area contributed by atoms with Crippen molar-refractivity contribution in [2.24, 2.45) is 0 Å². The molecule has 0 atom stereocenters. The molecule has 0 spiro atoms. The molecule has 118 valence electrons. The van der Waals surface area contributed by atoms with Crippen molar-refractivity contribution in [1.82, 2.24) is 15.0 Å². The molecule has 0 radical (unpaired) electrons. The highest BCUT2D eigenvalue weighted by Crippen LogP contribution is 2.24. The van der Waals surface area contributed by atoms with Crippen LogP contribution >= 0.6 is 0 Å². The molecule has 0 amide bonds. The highest BCUT2D eigenvalue weighted by molar-refractivity contribution is 5.83. The molecule has 1 saturated heterocycles. The van der Waals surface area contributed by atoms with E-state index < -0.39 is 0 Å². The van der Waals surface area contributed by atoms with Gasteiger partial charge in [-0.25, -0.2) is 15.0 Å². The van der Waals surface area contributed by atoms with Gasteiger partial charge in [-0.1, -0.05) is 18.2 Å². The highest BCUT2D eigenvalue weighted by Gasteiger charge is 2.21. The molecule has 1 aliphatic rings. The third-order valence-corrected chi connectivity index (χ3v) is 4.29. The topological polar surface area (TPSA) is 68.9 Å². The maximum absolute atomic E-state index is 9.49. The summed E-state index contributed by atoms with van der Waals surface area (Å²) >= 11 is 0. The lowest BCUT2D eigenvalue weighted by atomic mass is 10.1. The number of benzene rings is 1. The fourth-order valence-corrected chi connectivity index (χ4v) is 3.05. The van der Waals surface area contributed by atoms with Crippen LogP contribution in [0.15, 0.2) is 48.9 Å². The van der Waals surface area contributed by atoms with E-state index in [2.05, 4.69) is 25.8 Å². The van der Waals surface area contributed by atoms with Gasteiger partial charge in [-0.15, -0.1) is 0 Å². The van der Waals surface area contributed by atoms with Crippen LogP contribution in [0.3, 0.4) is 0 Å². The van der Waals surface area contributed by atoms with Crippen LogP contribution in [0.25, 0.3) is 10.9 Å². The molecule has 0 aliphatic carbocycles. The normalized spacial score (nSPS) is 14.6. The van der Waals surface area contributed by atoms with Gasteiger partial charge in [0.05, 0.1) is 11.1 Å². The number of pyridine rings is 1. The Labute approximate surface area is 140 Å². The van der Waals surface area contributed by atoms with E-state index in [1.807, 2.05) is 36.4 Å². The van der Waals surface area contributed by atoms with Crippen LogP contribution in [0, 0.1) is 11.3 Å². The number of rotatable bonds is 2. The second-order valence-electron chi connectivity index (χ2n) is 5.71. The van der Waals surface area contributed by atoms with Gasteiger partial charge in [0.1, 0.15) is 24.0 Å². The highest BCUT2D eigenvalue weighted by atomic mass is 15.3. The van der Waals surface area contributed by atoms with Crippen molar-refractivity contribution in [1.29, 1.82) is 5.26 Å². The van der Waals surface area contributed by atoms with Gasteiger partial charge in [-0.05, 0) is 18.2 Å². The van der Waals surface area contributed by atoms with E-state index in [1.54, 1.807) is 12.5 Å². The fourth-order valence-electron chi connectivity index (χ4n) is 3.05. The monoisotopic (exact) mass is 316 g/mol. The molecular formula is C18H16N6. The molecule has 3 heterocycles. The predicted molar refractivity (Wildman–Crippen MR) is 92.9 cm³/mol. The van der Waals surface area contributed by atoms with Gasteiger partial charge >= 0.3 is 0 Å².